The highest BCUT2D eigenvalue weighted by molar-refractivity contribution is 6.09. The molecule has 0 fully saturated rings. The molecule has 0 saturated heterocycles. The Bertz CT molecular complexity index is 1790. The molecule has 174 valence electrons. The Kier molecular flexibility index (Phi) is 5.15. The van der Waals surface area contributed by atoms with Gasteiger partial charge in [-0.15, -0.1) is 0 Å². The van der Waals surface area contributed by atoms with E-state index in [2.05, 4.69) is 115 Å². The molecule has 0 radical (unpaired) electrons. The van der Waals surface area contributed by atoms with Gasteiger partial charge < -0.3 is 4.42 Å². The van der Waals surface area contributed by atoms with Gasteiger partial charge in [-0.05, 0) is 34.9 Å². The molecule has 0 saturated carbocycles. The minimum absolute atomic E-state index is 0.917. The van der Waals surface area contributed by atoms with Crippen LogP contribution in [0.4, 0.5) is 0 Å². The summed E-state index contributed by atoms with van der Waals surface area (Å²) in [5, 5.41) is 2.29. The maximum atomic E-state index is 6.27. The lowest BCUT2D eigenvalue weighted by atomic mass is 9.97. The Morgan fingerprint density at radius 2 is 0.973 bits per heavy atom. The summed E-state index contributed by atoms with van der Waals surface area (Å²) in [6.07, 6.45) is 0. The summed E-state index contributed by atoms with van der Waals surface area (Å²) in [6, 6.07) is 48.4. The van der Waals surface area contributed by atoms with Gasteiger partial charge in [0.25, 0.3) is 0 Å². The molecule has 0 aliphatic rings. The second-order valence-electron chi connectivity index (χ2n) is 9.22. The van der Waals surface area contributed by atoms with Crippen molar-refractivity contribution in [3.05, 3.63) is 140 Å². The van der Waals surface area contributed by atoms with Crippen molar-refractivity contribution in [1.82, 2.24) is 4.98 Å². The van der Waals surface area contributed by atoms with Crippen molar-refractivity contribution in [3.8, 4) is 44.8 Å². The molecule has 0 aliphatic carbocycles. The van der Waals surface area contributed by atoms with Crippen molar-refractivity contribution < 1.29 is 4.42 Å². The zero-order chi connectivity index (χ0) is 24.6. The number of para-hydroxylation sites is 2. The van der Waals surface area contributed by atoms with Crippen LogP contribution in [0.3, 0.4) is 0 Å². The molecule has 2 heterocycles. The Morgan fingerprint density at radius 1 is 0.405 bits per heavy atom. The highest BCUT2D eigenvalue weighted by atomic mass is 16.3. The molecule has 0 N–H and O–H groups in total. The number of fused-ring (bicyclic) bond motifs is 3. The van der Waals surface area contributed by atoms with Crippen LogP contribution < -0.4 is 0 Å². The second kappa shape index (κ2) is 8.92. The molecule has 0 atom stereocenters. The minimum atomic E-state index is 0.917. The van der Waals surface area contributed by atoms with E-state index in [0.29, 0.717) is 0 Å². The summed E-state index contributed by atoms with van der Waals surface area (Å²) >= 11 is 0. The van der Waals surface area contributed by atoms with Gasteiger partial charge in [0.15, 0.2) is 0 Å². The quantitative estimate of drug-likeness (QED) is 0.254. The zero-order valence-electron chi connectivity index (χ0n) is 20.1. The van der Waals surface area contributed by atoms with E-state index in [9.17, 15) is 0 Å². The Hall–Kier alpha value is -4.95. The van der Waals surface area contributed by atoms with Gasteiger partial charge in [0.1, 0.15) is 11.2 Å². The van der Waals surface area contributed by atoms with Crippen LogP contribution in [0.15, 0.2) is 144 Å². The average molecular weight is 474 g/mol. The fourth-order valence-corrected chi connectivity index (χ4v) is 5.03. The molecule has 7 aromatic rings. The second-order valence-corrected chi connectivity index (χ2v) is 9.22. The molecule has 0 bridgehead atoms. The molecule has 0 unspecified atom stereocenters. The Labute approximate surface area is 215 Å². The van der Waals surface area contributed by atoms with Gasteiger partial charge >= 0.3 is 0 Å². The molecule has 2 aromatic heterocycles. The third-order valence-electron chi connectivity index (χ3n) is 6.90. The summed E-state index contributed by atoms with van der Waals surface area (Å²) in [5.74, 6) is 0. The van der Waals surface area contributed by atoms with Gasteiger partial charge in [0.05, 0.1) is 11.4 Å². The van der Waals surface area contributed by atoms with E-state index in [0.717, 1.165) is 66.7 Å². The number of rotatable bonds is 4. The van der Waals surface area contributed by atoms with Crippen molar-refractivity contribution >= 4 is 21.9 Å². The zero-order valence-corrected chi connectivity index (χ0v) is 20.1. The smallest absolute Gasteiger partial charge is 0.143 e. The van der Waals surface area contributed by atoms with Crippen LogP contribution in [0, 0.1) is 0 Å². The van der Waals surface area contributed by atoms with Gasteiger partial charge in [0, 0.05) is 27.5 Å². The number of benzene rings is 5. The average Bonchev–Trinajstić information content (AvgIpc) is 3.37. The van der Waals surface area contributed by atoms with Crippen molar-refractivity contribution in [1.29, 1.82) is 0 Å². The first-order chi connectivity index (χ1) is 18.3. The van der Waals surface area contributed by atoms with Gasteiger partial charge in [-0.1, -0.05) is 121 Å². The Morgan fingerprint density at radius 3 is 1.65 bits per heavy atom. The van der Waals surface area contributed by atoms with Crippen LogP contribution in [-0.2, 0) is 0 Å². The molecule has 37 heavy (non-hydrogen) atoms. The van der Waals surface area contributed by atoms with Crippen molar-refractivity contribution in [3.63, 3.8) is 0 Å². The van der Waals surface area contributed by atoms with Crippen LogP contribution in [-0.4, -0.2) is 4.98 Å². The maximum absolute atomic E-state index is 6.27. The van der Waals surface area contributed by atoms with Crippen LogP contribution >= 0.6 is 0 Å². The number of hydrogen-bond donors (Lipinski definition) is 0. The minimum Gasteiger partial charge on any atom is -0.455 e. The highest BCUT2D eigenvalue weighted by Gasteiger charge is 2.13. The fraction of sp³-hybridized carbons (Fsp3) is 0. The van der Waals surface area contributed by atoms with Crippen molar-refractivity contribution in [2.75, 3.05) is 0 Å². The van der Waals surface area contributed by atoms with Gasteiger partial charge in [-0.2, -0.15) is 0 Å². The molecule has 2 heteroatoms. The van der Waals surface area contributed by atoms with Crippen molar-refractivity contribution in [2.45, 2.75) is 0 Å². The molecule has 0 amide bonds. The third kappa shape index (κ3) is 3.89. The predicted octanol–water partition coefficient (Wildman–Crippen LogP) is 9.65. The Balaban J connectivity index is 1.33. The van der Waals surface area contributed by atoms with Crippen LogP contribution in [0.2, 0.25) is 0 Å². The topological polar surface area (TPSA) is 26.0 Å². The summed E-state index contributed by atoms with van der Waals surface area (Å²) in [5.41, 5.74) is 10.5. The van der Waals surface area contributed by atoms with E-state index in [-0.39, 0.29) is 0 Å². The van der Waals surface area contributed by atoms with Crippen LogP contribution in [0.1, 0.15) is 0 Å². The molecule has 2 nitrogen and oxygen atoms in total. The first-order valence-electron chi connectivity index (χ1n) is 12.5. The summed E-state index contributed by atoms with van der Waals surface area (Å²) < 4.78 is 6.27. The lowest BCUT2D eigenvalue weighted by Crippen LogP contribution is -1.91. The van der Waals surface area contributed by atoms with Crippen LogP contribution in [0.5, 0.6) is 0 Å². The normalized spacial score (nSPS) is 11.2. The SMILES string of the molecule is c1ccc(-c2cc(-c3ccc(-c4cccc5c4oc4ccccc45)cc3)cc(-c3ccccc3)n2)cc1. The third-order valence-corrected chi connectivity index (χ3v) is 6.90. The molecule has 0 aliphatic heterocycles. The number of furan rings is 1. The van der Waals surface area contributed by atoms with E-state index < -0.39 is 0 Å². The van der Waals surface area contributed by atoms with Gasteiger partial charge in [-0.3, -0.25) is 0 Å². The molecular weight excluding hydrogens is 450 g/mol. The number of pyridine rings is 1. The molecular formula is C35H23NO. The first-order valence-corrected chi connectivity index (χ1v) is 12.5. The lowest BCUT2D eigenvalue weighted by Gasteiger charge is -2.11. The van der Waals surface area contributed by atoms with E-state index in [4.69, 9.17) is 9.40 Å². The van der Waals surface area contributed by atoms with Crippen LogP contribution in [0.25, 0.3) is 66.7 Å². The maximum Gasteiger partial charge on any atom is 0.143 e. The van der Waals surface area contributed by atoms with Gasteiger partial charge in [0.2, 0.25) is 0 Å². The van der Waals surface area contributed by atoms with E-state index in [1.807, 2.05) is 24.3 Å². The predicted molar refractivity (Wildman–Crippen MR) is 153 cm³/mol. The fourth-order valence-electron chi connectivity index (χ4n) is 5.03. The summed E-state index contributed by atoms with van der Waals surface area (Å²) in [7, 11) is 0. The highest BCUT2D eigenvalue weighted by Crippen LogP contribution is 2.37. The van der Waals surface area contributed by atoms with Gasteiger partial charge in [-0.25, -0.2) is 4.98 Å². The standard InChI is InChI=1S/C35H23NO/c1-3-10-26(11-4-1)32-22-28(23-33(36-32)27-12-5-2-6-13-27)24-18-20-25(21-19-24)29-15-9-16-31-30-14-7-8-17-34(30)37-35(29)31/h1-23H. The van der Waals surface area contributed by atoms with E-state index in [1.54, 1.807) is 0 Å². The molecule has 0 spiro atoms. The van der Waals surface area contributed by atoms with Crippen molar-refractivity contribution in [2.24, 2.45) is 0 Å². The number of nitrogens with zero attached hydrogens (tertiary/aromatic N) is 1. The first kappa shape index (κ1) is 21.3. The molecule has 7 rings (SSSR count). The van der Waals surface area contributed by atoms with E-state index >= 15 is 0 Å². The summed E-state index contributed by atoms with van der Waals surface area (Å²) in [4.78, 5) is 5.01. The number of hydrogen-bond acceptors (Lipinski definition) is 2. The van der Waals surface area contributed by atoms with E-state index in [1.165, 1.54) is 0 Å². The lowest BCUT2D eigenvalue weighted by molar-refractivity contribution is 0.670. The number of aromatic nitrogens is 1. The largest absolute Gasteiger partial charge is 0.455 e. The monoisotopic (exact) mass is 473 g/mol. The molecule has 5 aromatic carbocycles. The summed E-state index contributed by atoms with van der Waals surface area (Å²) in [6.45, 7) is 0.